The number of primary amides is 1. The topological polar surface area (TPSA) is 63.4 Å². The van der Waals surface area contributed by atoms with Gasteiger partial charge in [0.25, 0.3) is 0 Å². The van der Waals surface area contributed by atoms with E-state index in [1.807, 2.05) is 24.3 Å². The van der Waals surface area contributed by atoms with Gasteiger partial charge in [0, 0.05) is 23.0 Å². The molecular formula is C18H16Cl2N2O2. The standard InChI is InChI=1S/C18H16Cl2N2O2/c19-14-6-3-7-15(20)13(14)9-17(23)22-10-12-5-2-1-4-11(12)8-16(22)18(21)24/h1-7,16H,8-10H2,(H2,21,24)/t16-/m1/s1. The molecule has 0 aliphatic carbocycles. The van der Waals surface area contributed by atoms with E-state index in [1.165, 1.54) is 4.90 Å². The molecule has 1 atom stereocenters. The van der Waals surface area contributed by atoms with E-state index in [0.717, 1.165) is 11.1 Å². The van der Waals surface area contributed by atoms with Crippen LogP contribution in [0.5, 0.6) is 0 Å². The van der Waals surface area contributed by atoms with Crippen LogP contribution in [-0.4, -0.2) is 22.8 Å². The SMILES string of the molecule is NC(=O)[C@H]1Cc2ccccc2CN1C(=O)Cc1c(Cl)cccc1Cl. The zero-order valence-electron chi connectivity index (χ0n) is 12.8. The maximum atomic E-state index is 12.8. The second kappa shape index (κ2) is 6.83. The molecule has 2 aromatic carbocycles. The predicted octanol–water partition coefficient (Wildman–Crippen LogP) is 2.97. The van der Waals surface area contributed by atoms with Gasteiger partial charge in [0.15, 0.2) is 0 Å². The first-order valence-corrected chi connectivity index (χ1v) is 8.31. The van der Waals surface area contributed by atoms with Crippen LogP contribution < -0.4 is 5.73 Å². The van der Waals surface area contributed by atoms with Crippen LogP contribution in [0.4, 0.5) is 0 Å². The molecule has 0 saturated heterocycles. The molecule has 1 heterocycles. The molecule has 124 valence electrons. The molecule has 0 unspecified atom stereocenters. The summed E-state index contributed by atoms with van der Waals surface area (Å²) in [6, 6.07) is 12.2. The lowest BCUT2D eigenvalue weighted by Gasteiger charge is -2.35. The van der Waals surface area contributed by atoms with Crippen LogP contribution in [0.2, 0.25) is 10.0 Å². The van der Waals surface area contributed by atoms with E-state index in [0.29, 0.717) is 28.6 Å². The number of carbonyl (C=O) groups excluding carboxylic acids is 2. The van der Waals surface area contributed by atoms with E-state index in [4.69, 9.17) is 28.9 Å². The summed E-state index contributed by atoms with van der Waals surface area (Å²) in [6.07, 6.45) is 0.456. The molecule has 0 spiro atoms. The number of hydrogen-bond donors (Lipinski definition) is 1. The third-order valence-electron chi connectivity index (χ3n) is 4.29. The molecule has 1 aliphatic heterocycles. The fourth-order valence-electron chi connectivity index (χ4n) is 2.99. The number of nitrogens with two attached hydrogens (primary N) is 1. The lowest BCUT2D eigenvalue weighted by molar-refractivity contribution is -0.140. The van der Waals surface area contributed by atoms with E-state index >= 15 is 0 Å². The maximum Gasteiger partial charge on any atom is 0.240 e. The number of amides is 2. The van der Waals surface area contributed by atoms with Crippen LogP contribution in [0.1, 0.15) is 16.7 Å². The Balaban J connectivity index is 1.89. The Morgan fingerprint density at radius 3 is 2.29 bits per heavy atom. The van der Waals surface area contributed by atoms with Crippen molar-refractivity contribution in [3.05, 3.63) is 69.2 Å². The molecule has 0 bridgehead atoms. The fourth-order valence-corrected chi connectivity index (χ4v) is 3.52. The van der Waals surface area contributed by atoms with Crippen molar-refractivity contribution in [3.8, 4) is 0 Å². The summed E-state index contributed by atoms with van der Waals surface area (Å²) in [5.41, 5.74) is 8.15. The Morgan fingerprint density at radius 1 is 1.04 bits per heavy atom. The molecule has 0 fully saturated rings. The first-order valence-electron chi connectivity index (χ1n) is 7.56. The molecule has 0 saturated carbocycles. The summed E-state index contributed by atoms with van der Waals surface area (Å²) < 4.78 is 0. The highest BCUT2D eigenvalue weighted by Gasteiger charge is 2.33. The quantitative estimate of drug-likeness (QED) is 0.911. The van der Waals surface area contributed by atoms with Crippen molar-refractivity contribution >= 4 is 35.0 Å². The molecule has 2 N–H and O–H groups in total. The number of halogens is 2. The lowest BCUT2D eigenvalue weighted by atomic mass is 9.93. The summed E-state index contributed by atoms with van der Waals surface area (Å²) in [5, 5.41) is 0.868. The van der Waals surface area contributed by atoms with Gasteiger partial charge in [-0.05, 0) is 28.8 Å². The molecular weight excluding hydrogens is 347 g/mol. The van der Waals surface area contributed by atoms with Gasteiger partial charge in [0.1, 0.15) is 6.04 Å². The molecule has 6 heteroatoms. The lowest BCUT2D eigenvalue weighted by Crippen LogP contribution is -2.51. The maximum absolute atomic E-state index is 12.8. The summed E-state index contributed by atoms with van der Waals surface area (Å²) >= 11 is 12.3. The fraction of sp³-hybridized carbons (Fsp3) is 0.222. The third kappa shape index (κ3) is 3.25. The van der Waals surface area contributed by atoms with E-state index < -0.39 is 11.9 Å². The van der Waals surface area contributed by atoms with Crippen molar-refractivity contribution in [2.24, 2.45) is 5.73 Å². The van der Waals surface area contributed by atoms with Gasteiger partial charge in [-0.15, -0.1) is 0 Å². The Labute approximate surface area is 150 Å². The van der Waals surface area contributed by atoms with Crippen molar-refractivity contribution in [2.75, 3.05) is 0 Å². The van der Waals surface area contributed by atoms with Crippen molar-refractivity contribution in [2.45, 2.75) is 25.4 Å². The molecule has 1 aliphatic rings. The minimum atomic E-state index is -0.659. The van der Waals surface area contributed by atoms with Crippen LogP contribution in [0.3, 0.4) is 0 Å². The number of hydrogen-bond acceptors (Lipinski definition) is 2. The number of carbonyl (C=O) groups is 2. The highest BCUT2D eigenvalue weighted by Crippen LogP contribution is 2.28. The summed E-state index contributed by atoms with van der Waals surface area (Å²) in [7, 11) is 0. The Hall–Kier alpha value is -2.04. The highest BCUT2D eigenvalue weighted by molar-refractivity contribution is 6.36. The second-order valence-corrected chi connectivity index (χ2v) is 6.60. The van der Waals surface area contributed by atoms with Crippen LogP contribution in [0.25, 0.3) is 0 Å². The van der Waals surface area contributed by atoms with E-state index in [2.05, 4.69) is 0 Å². The van der Waals surface area contributed by atoms with Crippen LogP contribution in [0.15, 0.2) is 42.5 Å². The second-order valence-electron chi connectivity index (χ2n) is 5.79. The summed E-state index contributed by atoms with van der Waals surface area (Å²) in [6.45, 7) is 0.352. The number of nitrogens with zero attached hydrogens (tertiary/aromatic N) is 1. The average Bonchev–Trinajstić information content (AvgIpc) is 2.56. The monoisotopic (exact) mass is 362 g/mol. The summed E-state index contributed by atoms with van der Waals surface area (Å²) in [4.78, 5) is 26.2. The van der Waals surface area contributed by atoms with Gasteiger partial charge in [0.05, 0.1) is 6.42 Å². The Bertz CT molecular complexity index is 787. The molecule has 4 nitrogen and oxygen atoms in total. The van der Waals surface area contributed by atoms with Gasteiger partial charge in [-0.1, -0.05) is 53.5 Å². The largest absolute Gasteiger partial charge is 0.368 e. The van der Waals surface area contributed by atoms with Gasteiger partial charge in [0.2, 0.25) is 11.8 Å². The minimum absolute atomic E-state index is 0.0322. The molecule has 24 heavy (non-hydrogen) atoms. The number of rotatable bonds is 3. The Kier molecular flexibility index (Phi) is 4.78. The first kappa shape index (κ1) is 16.8. The van der Waals surface area contributed by atoms with E-state index in [-0.39, 0.29) is 12.3 Å². The molecule has 2 amide bonds. The van der Waals surface area contributed by atoms with Gasteiger partial charge in [-0.3, -0.25) is 9.59 Å². The van der Waals surface area contributed by atoms with E-state index in [1.54, 1.807) is 18.2 Å². The number of benzene rings is 2. The molecule has 0 radical (unpaired) electrons. The highest BCUT2D eigenvalue weighted by atomic mass is 35.5. The average molecular weight is 363 g/mol. The third-order valence-corrected chi connectivity index (χ3v) is 5.00. The zero-order chi connectivity index (χ0) is 17.3. The van der Waals surface area contributed by atoms with Crippen molar-refractivity contribution in [1.82, 2.24) is 4.90 Å². The first-order chi connectivity index (χ1) is 11.5. The van der Waals surface area contributed by atoms with E-state index in [9.17, 15) is 9.59 Å². The van der Waals surface area contributed by atoms with Crippen molar-refractivity contribution in [1.29, 1.82) is 0 Å². The van der Waals surface area contributed by atoms with Gasteiger partial charge in [-0.25, -0.2) is 0 Å². The van der Waals surface area contributed by atoms with Crippen molar-refractivity contribution < 1.29 is 9.59 Å². The smallest absolute Gasteiger partial charge is 0.240 e. The number of fused-ring (bicyclic) bond motifs is 1. The predicted molar refractivity (Wildman–Crippen MR) is 93.8 cm³/mol. The molecule has 2 aromatic rings. The van der Waals surface area contributed by atoms with Crippen LogP contribution in [-0.2, 0) is 29.0 Å². The zero-order valence-corrected chi connectivity index (χ0v) is 14.3. The van der Waals surface area contributed by atoms with Crippen molar-refractivity contribution in [3.63, 3.8) is 0 Å². The van der Waals surface area contributed by atoms with Gasteiger partial charge < -0.3 is 10.6 Å². The van der Waals surface area contributed by atoms with Crippen LogP contribution >= 0.6 is 23.2 Å². The summed E-state index contributed by atoms with van der Waals surface area (Å²) in [5.74, 6) is -0.730. The normalized spacial score (nSPS) is 16.6. The van der Waals surface area contributed by atoms with Gasteiger partial charge in [-0.2, -0.15) is 0 Å². The Morgan fingerprint density at radius 2 is 1.67 bits per heavy atom. The minimum Gasteiger partial charge on any atom is -0.368 e. The van der Waals surface area contributed by atoms with Crippen LogP contribution in [0, 0.1) is 0 Å². The van der Waals surface area contributed by atoms with Gasteiger partial charge >= 0.3 is 0 Å². The molecule has 0 aromatic heterocycles. The molecule has 3 rings (SSSR count).